The van der Waals surface area contributed by atoms with Crippen LogP contribution in [0.2, 0.25) is 5.02 Å². The van der Waals surface area contributed by atoms with Gasteiger partial charge in [0.2, 0.25) is 0 Å². The summed E-state index contributed by atoms with van der Waals surface area (Å²) in [6.07, 6.45) is -0.365. The van der Waals surface area contributed by atoms with Crippen LogP contribution in [0.4, 0.5) is 0 Å². The van der Waals surface area contributed by atoms with E-state index in [1.807, 2.05) is 18.2 Å². The zero-order chi connectivity index (χ0) is 14.5. The number of ether oxygens (including phenoxy) is 1. The number of nitrogens with zero attached hydrogens (tertiary/aromatic N) is 1. The number of halogens is 1. The number of rotatable bonds is 3. The van der Waals surface area contributed by atoms with Gasteiger partial charge in [0.1, 0.15) is 6.10 Å². The highest BCUT2D eigenvalue weighted by Gasteiger charge is 2.13. The van der Waals surface area contributed by atoms with Gasteiger partial charge >= 0.3 is 5.97 Å². The predicted octanol–water partition coefficient (Wildman–Crippen LogP) is 4.13. The normalized spacial score (nSPS) is 11.4. The topological polar surface area (TPSA) is 50.1 Å². The molecule has 1 atom stereocenters. The third kappa shape index (κ3) is 3.37. The zero-order valence-corrected chi connectivity index (χ0v) is 11.6. The van der Waals surface area contributed by atoms with Crippen LogP contribution in [-0.2, 0) is 4.74 Å². The third-order valence-corrected chi connectivity index (χ3v) is 3.12. The summed E-state index contributed by atoms with van der Waals surface area (Å²) in [7, 11) is 0. The van der Waals surface area contributed by atoms with Crippen molar-refractivity contribution in [1.82, 2.24) is 0 Å². The van der Waals surface area contributed by atoms with Crippen molar-refractivity contribution in [2.75, 3.05) is 0 Å². The molecule has 0 aromatic heterocycles. The summed E-state index contributed by atoms with van der Waals surface area (Å²) < 4.78 is 5.37. The molecule has 0 aliphatic heterocycles. The van der Waals surface area contributed by atoms with E-state index in [1.54, 1.807) is 43.3 Å². The molecule has 4 heteroatoms. The van der Waals surface area contributed by atoms with Crippen molar-refractivity contribution in [3.05, 3.63) is 70.2 Å². The first-order valence-electron chi connectivity index (χ1n) is 6.07. The van der Waals surface area contributed by atoms with Crippen LogP contribution in [0.3, 0.4) is 0 Å². The summed E-state index contributed by atoms with van der Waals surface area (Å²) in [5.74, 6) is -0.420. The van der Waals surface area contributed by atoms with Crippen molar-refractivity contribution >= 4 is 17.6 Å². The molecule has 0 saturated carbocycles. The van der Waals surface area contributed by atoms with E-state index in [0.29, 0.717) is 16.1 Å². The highest BCUT2D eigenvalue weighted by Crippen LogP contribution is 2.20. The number of carbonyl (C=O) groups excluding carboxylic acids is 1. The van der Waals surface area contributed by atoms with Crippen molar-refractivity contribution in [3.8, 4) is 6.07 Å². The molecule has 100 valence electrons. The van der Waals surface area contributed by atoms with Crippen LogP contribution in [0.15, 0.2) is 48.5 Å². The molecule has 0 aliphatic carbocycles. The summed E-state index contributed by atoms with van der Waals surface area (Å²) in [4.78, 5) is 12.0. The number of esters is 1. The van der Waals surface area contributed by atoms with Crippen LogP contribution in [-0.4, -0.2) is 5.97 Å². The van der Waals surface area contributed by atoms with E-state index >= 15 is 0 Å². The van der Waals surface area contributed by atoms with Crippen LogP contribution in [0.5, 0.6) is 0 Å². The minimum absolute atomic E-state index is 0.365. The van der Waals surface area contributed by atoms with E-state index < -0.39 is 5.97 Å². The lowest BCUT2D eigenvalue weighted by atomic mass is 10.1. The molecular weight excluding hydrogens is 274 g/mol. The summed E-state index contributed by atoms with van der Waals surface area (Å²) in [6, 6.07) is 15.5. The predicted molar refractivity (Wildman–Crippen MR) is 76.4 cm³/mol. The van der Waals surface area contributed by atoms with Crippen LogP contribution in [0.1, 0.15) is 34.5 Å². The maximum Gasteiger partial charge on any atom is 0.338 e. The maximum atomic E-state index is 12.0. The molecule has 0 spiro atoms. The second-order valence-electron chi connectivity index (χ2n) is 4.29. The van der Waals surface area contributed by atoms with E-state index in [4.69, 9.17) is 21.6 Å². The summed E-state index contributed by atoms with van der Waals surface area (Å²) in [5, 5.41) is 9.34. The second-order valence-corrected chi connectivity index (χ2v) is 4.72. The highest BCUT2D eigenvalue weighted by atomic mass is 35.5. The molecule has 0 heterocycles. The molecular formula is C16H12ClNO2. The van der Waals surface area contributed by atoms with Crippen molar-refractivity contribution in [2.45, 2.75) is 13.0 Å². The van der Waals surface area contributed by atoms with E-state index in [1.165, 1.54) is 0 Å². The molecule has 0 saturated heterocycles. The minimum Gasteiger partial charge on any atom is -0.454 e. The number of hydrogen-bond donors (Lipinski definition) is 0. The zero-order valence-electron chi connectivity index (χ0n) is 10.8. The summed E-state index contributed by atoms with van der Waals surface area (Å²) >= 11 is 5.81. The summed E-state index contributed by atoms with van der Waals surface area (Å²) in [5.41, 5.74) is 1.80. The number of hydrogen-bond acceptors (Lipinski definition) is 3. The Bertz CT molecular complexity index is 642. The largest absolute Gasteiger partial charge is 0.454 e. The smallest absolute Gasteiger partial charge is 0.338 e. The van der Waals surface area contributed by atoms with Gasteiger partial charge < -0.3 is 4.74 Å². The van der Waals surface area contributed by atoms with Crippen LogP contribution >= 0.6 is 11.6 Å². The molecule has 0 fully saturated rings. The standard InChI is InChI=1S/C16H12ClNO2/c1-11(13-6-8-15(17)9-7-13)20-16(19)14-4-2-12(10-18)3-5-14/h2-9,11H,1H3. The molecule has 3 nitrogen and oxygen atoms in total. The minimum atomic E-state index is -0.420. The fourth-order valence-electron chi connectivity index (χ4n) is 1.71. The lowest BCUT2D eigenvalue weighted by molar-refractivity contribution is 0.0338. The van der Waals surface area contributed by atoms with Gasteiger partial charge in [0.25, 0.3) is 0 Å². The quantitative estimate of drug-likeness (QED) is 0.797. The Kier molecular flexibility index (Phi) is 4.39. The van der Waals surface area contributed by atoms with Gasteiger partial charge in [0.05, 0.1) is 17.2 Å². The van der Waals surface area contributed by atoms with E-state index in [0.717, 1.165) is 5.56 Å². The second kappa shape index (κ2) is 6.23. The Balaban J connectivity index is 2.06. The highest BCUT2D eigenvalue weighted by molar-refractivity contribution is 6.30. The monoisotopic (exact) mass is 285 g/mol. The molecule has 2 aromatic carbocycles. The average Bonchev–Trinajstić information content (AvgIpc) is 2.48. The van der Waals surface area contributed by atoms with Crippen molar-refractivity contribution in [2.24, 2.45) is 0 Å². The van der Waals surface area contributed by atoms with E-state index in [2.05, 4.69) is 0 Å². The van der Waals surface area contributed by atoms with Crippen LogP contribution in [0, 0.1) is 11.3 Å². The average molecular weight is 286 g/mol. The Morgan fingerprint density at radius 3 is 2.30 bits per heavy atom. The van der Waals surface area contributed by atoms with Gasteiger partial charge in [0, 0.05) is 5.02 Å². The molecule has 2 aromatic rings. The summed E-state index contributed by atoms with van der Waals surface area (Å²) in [6.45, 7) is 1.80. The molecule has 2 rings (SSSR count). The van der Waals surface area contributed by atoms with Gasteiger partial charge in [0.15, 0.2) is 0 Å². The molecule has 20 heavy (non-hydrogen) atoms. The Hall–Kier alpha value is -2.31. The van der Waals surface area contributed by atoms with E-state index in [9.17, 15) is 4.79 Å². The first-order chi connectivity index (χ1) is 9.60. The first kappa shape index (κ1) is 14.1. The fourth-order valence-corrected chi connectivity index (χ4v) is 1.84. The Morgan fingerprint density at radius 1 is 1.15 bits per heavy atom. The molecule has 0 radical (unpaired) electrons. The Labute approximate surface area is 122 Å². The lowest BCUT2D eigenvalue weighted by Gasteiger charge is -2.13. The lowest BCUT2D eigenvalue weighted by Crippen LogP contribution is -2.09. The molecule has 0 amide bonds. The van der Waals surface area contributed by atoms with Crippen molar-refractivity contribution in [3.63, 3.8) is 0 Å². The van der Waals surface area contributed by atoms with Gasteiger partial charge in [-0.25, -0.2) is 4.79 Å². The third-order valence-electron chi connectivity index (χ3n) is 2.87. The van der Waals surface area contributed by atoms with Crippen molar-refractivity contribution < 1.29 is 9.53 Å². The van der Waals surface area contributed by atoms with Gasteiger partial charge in [-0.2, -0.15) is 5.26 Å². The van der Waals surface area contributed by atoms with Crippen molar-refractivity contribution in [1.29, 1.82) is 5.26 Å². The molecule has 0 bridgehead atoms. The van der Waals surface area contributed by atoms with Gasteiger partial charge in [-0.1, -0.05) is 23.7 Å². The molecule has 0 aliphatic rings. The van der Waals surface area contributed by atoms with Crippen LogP contribution in [0.25, 0.3) is 0 Å². The fraction of sp³-hybridized carbons (Fsp3) is 0.125. The SMILES string of the molecule is CC(OC(=O)c1ccc(C#N)cc1)c1ccc(Cl)cc1. The first-order valence-corrected chi connectivity index (χ1v) is 6.44. The number of carbonyl (C=O) groups is 1. The molecule has 0 N–H and O–H groups in total. The number of nitriles is 1. The van der Waals surface area contributed by atoms with Gasteiger partial charge in [-0.3, -0.25) is 0 Å². The van der Waals surface area contributed by atoms with Gasteiger partial charge in [-0.05, 0) is 48.9 Å². The van der Waals surface area contributed by atoms with E-state index in [-0.39, 0.29) is 6.10 Å². The van der Waals surface area contributed by atoms with Gasteiger partial charge in [-0.15, -0.1) is 0 Å². The van der Waals surface area contributed by atoms with Crippen LogP contribution < -0.4 is 0 Å². The number of benzene rings is 2. The Morgan fingerprint density at radius 2 is 1.75 bits per heavy atom. The molecule has 1 unspecified atom stereocenters. The maximum absolute atomic E-state index is 12.0.